The Hall–Kier alpha value is -3.38. The van der Waals surface area contributed by atoms with Gasteiger partial charge in [-0.1, -0.05) is 32.4 Å². The number of amides is 4. The Kier molecular flexibility index (Phi) is 4.82. The lowest BCUT2D eigenvalue weighted by Crippen LogP contribution is -2.55. The SMILES string of the molecule is Cc1c(N2C(=O)[C@@H]3C4C[C@H](CN4C(=O)c4cc(C(C)(C)C)nn4C)N3C2=O)ccc(C#N)c1Cl. The van der Waals surface area contributed by atoms with E-state index in [9.17, 15) is 19.6 Å². The van der Waals surface area contributed by atoms with Crippen LogP contribution in [0.5, 0.6) is 0 Å². The molecule has 4 amide bonds. The van der Waals surface area contributed by atoms with Gasteiger partial charge in [0.25, 0.3) is 11.8 Å². The fourth-order valence-corrected chi connectivity index (χ4v) is 5.50. The molecule has 0 spiro atoms. The molecule has 10 heteroatoms. The minimum atomic E-state index is -0.737. The maximum absolute atomic E-state index is 13.5. The molecule has 1 aromatic heterocycles. The normalized spacial score (nSPS) is 23.7. The van der Waals surface area contributed by atoms with E-state index < -0.39 is 18.1 Å². The fraction of sp³-hybridized carbons (Fsp3) is 0.458. The molecule has 0 saturated carbocycles. The number of aromatic nitrogens is 2. The topological polar surface area (TPSA) is 103 Å². The zero-order valence-corrected chi connectivity index (χ0v) is 20.4. The zero-order chi connectivity index (χ0) is 24.7. The number of carbonyl (C=O) groups excluding carboxylic acids is 3. The van der Waals surface area contributed by atoms with Gasteiger partial charge in [0.2, 0.25) is 0 Å². The second-order valence-electron chi connectivity index (χ2n) is 10.2. The van der Waals surface area contributed by atoms with Crippen LogP contribution in [-0.2, 0) is 17.3 Å². The number of nitriles is 1. The number of hydrogen-bond acceptors (Lipinski definition) is 5. The lowest BCUT2D eigenvalue weighted by Gasteiger charge is -2.34. The summed E-state index contributed by atoms with van der Waals surface area (Å²) in [6.45, 7) is 8.16. The van der Waals surface area contributed by atoms with Crippen molar-refractivity contribution in [1.82, 2.24) is 19.6 Å². The van der Waals surface area contributed by atoms with E-state index in [-0.39, 0.29) is 33.9 Å². The summed E-state index contributed by atoms with van der Waals surface area (Å²) in [6.07, 6.45) is 0.568. The minimum Gasteiger partial charge on any atom is -0.330 e. The third-order valence-electron chi connectivity index (χ3n) is 7.11. The van der Waals surface area contributed by atoms with Crippen molar-refractivity contribution in [1.29, 1.82) is 5.26 Å². The van der Waals surface area contributed by atoms with Gasteiger partial charge in [0.1, 0.15) is 17.8 Å². The maximum Gasteiger partial charge on any atom is 0.332 e. The van der Waals surface area contributed by atoms with E-state index in [4.69, 9.17) is 11.6 Å². The summed E-state index contributed by atoms with van der Waals surface area (Å²) in [6, 6.07) is 5.12. The van der Waals surface area contributed by atoms with Gasteiger partial charge in [-0.3, -0.25) is 14.3 Å². The van der Waals surface area contributed by atoms with Crippen LogP contribution in [0.2, 0.25) is 5.02 Å². The predicted octanol–water partition coefficient (Wildman–Crippen LogP) is 2.99. The first kappa shape index (κ1) is 22.4. The number of rotatable bonds is 2. The van der Waals surface area contributed by atoms with Gasteiger partial charge in [-0.15, -0.1) is 0 Å². The number of imide groups is 1. The highest BCUT2D eigenvalue weighted by Crippen LogP contribution is 2.44. The third kappa shape index (κ3) is 2.98. The minimum absolute atomic E-state index is 0.186. The fourth-order valence-electron chi connectivity index (χ4n) is 5.30. The van der Waals surface area contributed by atoms with Crippen LogP contribution in [0.4, 0.5) is 10.5 Å². The number of urea groups is 1. The lowest BCUT2D eigenvalue weighted by molar-refractivity contribution is -0.121. The summed E-state index contributed by atoms with van der Waals surface area (Å²) in [5, 5.41) is 13.9. The molecule has 0 radical (unpaired) electrons. The molecule has 4 heterocycles. The molecule has 1 aromatic carbocycles. The second-order valence-corrected chi connectivity index (χ2v) is 10.6. The van der Waals surface area contributed by atoms with E-state index in [2.05, 4.69) is 5.10 Å². The van der Waals surface area contributed by atoms with Crippen molar-refractivity contribution < 1.29 is 14.4 Å². The quantitative estimate of drug-likeness (QED) is 0.615. The van der Waals surface area contributed by atoms with Gasteiger partial charge in [0.15, 0.2) is 0 Å². The predicted molar refractivity (Wildman–Crippen MR) is 125 cm³/mol. The van der Waals surface area contributed by atoms with Gasteiger partial charge in [-0.2, -0.15) is 10.4 Å². The standard InChI is InChI=1S/C24H25ClN6O3/c1-12-15(7-6-13(10-26)19(12)25)31-22(33)20-16-8-14(30(20)23(31)34)11-29(16)21(32)17-9-18(24(2,3)4)27-28(17)5/h6-7,9,14,16,20H,8,11H2,1-5H3/t14-,16?,20+/m1/s1. The van der Waals surface area contributed by atoms with Crippen LogP contribution in [0.15, 0.2) is 18.2 Å². The molecule has 3 aliphatic rings. The van der Waals surface area contributed by atoms with Crippen LogP contribution in [-0.4, -0.2) is 62.1 Å². The van der Waals surface area contributed by atoms with Crippen LogP contribution in [0.25, 0.3) is 0 Å². The molecular weight excluding hydrogens is 456 g/mol. The van der Waals surface area contributed by atoms with E-state index in [1.54, 1.807) is 34.5 Å². The van der Waals surface area contributed by atoms with Gasteiger partial charge >= 0.3 is 6.03 Å². The van der Waals surface area contributed by atoms with Gasteiger partial charge in [-0.05, 0) is 37.1 Å². The van der Waals surface area contributed by atoms with E-state index in [0.29, 0.717) is 29.9 Å². The molecule has 176 valence electrons. The van der Waals surface area contributed by atoms with Crippen LogP contribution in [0, 0.1) is 18.3 Å². The maximum atomic E-state index is 13.5. The van der Waals surface area contributed by atoms with Gasteiger partial charge in [0, 0.05) is 19.0 Å². The first-order valence-corrected chi connectivity index (χ1v) is 11.5. The molecule has 34 heavy (non-hydrogen) atoms. The van der Waals surface area contributed by atoms with Crippen molar-refractivity contribution in [2.24, 2.45) is 7.05 Å². The number of anilines is 1. The summed E-state index contributed by atoms with van der Waals surface area (Å²) in [7, 11) is 1.74. The highest BCUT2D eigenvalue weighted by atomic mass is 35.5. The van der Waals surface area contributed by atoms with Crippen LogP contribution < -0.4 is 4.90 Å². The molecule has 9 nitrogen and oxygen atoms in total. The number of halogens is 1. The number of piperazine rings is 1. The molecule has 3 fully saturated rings. The van der Waals surface area contributed by atoms with Gasteiger partial charge in [0.05, 0.1) is 34.1 Å². The second kappa shape index (κ2) is 7.31. The number of fused-ring (bicyclic) bond motifs is 5. The van der Waals surface area contributed by atoms with E-state index in [0.717, 1.165) is 10.6 Å². The monoisotopic (exact) mass is 480 g/mol. The zero-order valence-electron chi connectivity index (χ0n) is 19.7. The average Bonchev–Trinajstić information content (AvgIpc) is 3.52. The molecule has 2 aromatic rings. The highest BCUT2D eigenvalue weighted by molar-refractivity contribution is 6.33. The Morgan fingerprint density at radius 1 is 1.26 bits per heavy atom. The van der Waals surface area contributed by atoms with Crippen molar-refractivity contribution in [2.75, 3.05) is 11.4 Å². The molecule has 1 unspecified atom stereocenters. The van der Waals surface area contributed by atoms with Crippen LogP contribution in [0.3, 0.4) is 0 Å². The largest absolute Gasteiger partial charge is 0.332 e. The van der Waals surface area contributed by atoms with Crippen molar-refractivity contribution >= 4 is 35.1 Å². The van der Waals surface area contributed by atoms with E-state index in [1.165, 1.54) is 6.07 Å². The summed E-state index contributed by atoms with van der Waals surface area (Å²) in [5.74, 6) is -0.562. The Balaban J connectivity index is 1.46. The Bertz CT molecular complexity index is 1300. The smallest absolute Gasteiger partial charge is 0.330 e. The van der Waals surface area contributed by atoms with Gasteiger partial charge in [-0.25, -0.2) is 9.69 Å². The summed E-state index contributed by atoms with van der Waals surface area (Å²) < 4.78 is 1.59. The summed E-state index contributed by atoms with van der Waals surface area (Å²) >= 11 is 6.30. The lowest BCUT2D eigenvalue weighted by atomic mass is 9.92. The average molecular weight is 481 g/mol. The molecule has 5 rings (SSSR count). The molecule has 3 saturated heterocycles. The van der Waals surface area contributed by atoms with Crippen molar-refractivity contribution in [2.45, 2.75) is 57.7 Å². The van der Waals surface area contributed by atoms with E-state index in [1.807, 2.05) is 32.9 Å². The third-order valence-corrected chi connectivity index (χ3v) is 7.60. The number of carbonyl (C=O) groups is 3. The first-order valence-electron chi connectivity index (χ1n) is 11.2. The Morgan fingerprint density at radius 3 is 2.59 bits per heavy atom. The summed E-state index contributed by atoms with van der Waals surface area (Å²) in [5.41, 5.74) is 2.22. The molecule has 0 aliphatic carbocycles. The van der Waals surface area contributed by atoms with Crippen molar-refractivity contribution in [3.05, 3.63) is 45.7 Å². The Labute approximate surface area is 202 Å². The molecular formula is C24H25ClN6O3. The molecule has 3 aliphatic heterocycles. The number of nitrogens with zero attached hydrogens (tertiary/aromatic N) is 6. The molecule has 2 bridgehead atoms. The van der Waals surface area contributed by atoms with E-state index >= 15 is 0 Å². The molecule has 0 N–H and O–H groups in total. The van der Waals surface area contributed by atoms with Crippen molar-refractivity contribution in [3.8, 4) is 6.07 Å². The first-order chi connectivity index (χ1) is 16.0. The highest BCUT2D eigenvalue weighted by Gasteiger charge is 2.63. The van der Waals surface area contributed by atoms with Crippen LogP contribution >= 0.6 is 11.6 Å². The number of aryl methyl sites for hydroxylation is 1. The molecule has 3 atom stereocenters. The number of likely N-dealkylation sites (tertiary alicyclic amines) is 1. The number of benzene rings is 1. The van der Waals surface area contributed by atoms with Crippen LogP contribution in [0.1, 0.15) is 54.5 Å². The van der Waals surface area contributed by atoms with Crippen molar-refractivity contribution in [3.63, 3.8) is 0 Å². The van der Waals surface area contributed by atoms with Gasteiger partial charge < -0.3 is 9.80 Å². The summed E-state index contributed by atoms with van der Waals surface area (Å²) in [4.78, 5) is 44.8. The Morgan fingerprint density at radius 2 is 1.97 bits per heavy atom. The number of hydrogen-bond donors (Lipinski definition) is 0.